The molecule has 4 nitrogen and oxygen atoms in total. The van der Waals surface area contributed by atoms with E-state index in [2.05, 4.69) is 35.6 Å². The lowest BCUT2D eigenvalue weighted by Gasteiger charge is -2.43. The maximum atomic E-state index is 5.82. The van der Waals surface area contributed by atoms with E-state index in [9.17, 15) is 0 Å². The number of hydrogen-bond donors (Lipinski definition) is 1. The Hall–Kier alpha value is -1.20. The van der Waals surface area contributed by atoms with E-state index in [1.54, 1.807) is 0 Å². The molecule has 1 aromatic rings. The van der Waals surface area contributed by atoms with Crippen LogP contribution in [-0.4, -0.2) is 46.6 Å². The third-order valence-corrected chi connectivity index (χ3v) is 4.03. The standard InChI is InChI=1S/C15H24N4S/c1-11-5-6-12(13(16)20)14(17-11)18-7-9-19(10-8-18)15(2,3)4/h5-6H,7-10H2,1-4H3,(H2,16,20). The summed E-state index contributed by atoms with van der Waals surface area (Å²) in [6.07, 6.45) is 0. The molecule has 2 rings (SSSR count). The van der Waals surface area contributed by atoms with Crippen LogP contribution in [0.3, 0.4) is 0 Å². The van der Waals surface area contributed by atoms with Crippen LogP contribution in [0.2, 0.25) is 0 Å². The summed E-state index contributed by atoms with van der Waals surface area (Å²) in [5, 5.41) is 0. The molecule has 5 heteroatoms. The van der Waals surface area contributed by atoms with Crippen molar-refractivity contribution in [1.82, 2.24) is 9.88 Å². The number of piperazine rings is 1. The molecule has 0 bridgehead atoms. The normalized spacial score (nSPS) is 17.3. The SMILES string of the molecule is Cc1ccc(C(N)=S)c(N2CCN(C(C)(C)C)CC2)n1. The molecule has 2 heterocycles. The highest BCUT2D eigenvalue weighted by Crippen LogP contribution is 2.23. The fourth-order valence-corrected chi connectivity index (χ4v) is 2.72. The van der Waals surface area contributed by atoms with E-state index in [-0.39, 0.29) is 5.54 Å². The van der Waals surface area contributed by atoms with Crippen LogP contribution in [-0.2, 0) is 0 Å². The van der Waals surface area contributed by atoms with Crippen molar-refractivity contribution in [2.24, 2.45) is 5.73 Å². The van der Waals surface area contributed by atoms with E-state index in [4.69, 9.17) is 18.0 Å². The third kappa shape index (κ3) is 3.27. The summed E-state index contributed by atoms with van der Waals surface area (Å²) in [7, 11) is 0. The lowest BCUT2D eigenvalue weighted by molar-refractivity contribution is 0.128. The number of nitrogens with two attached hydrogens (primary N) is 1. The second-order valence-electron chi connectivity index (χ2n) is 6.33. The molecule has 0 atom stereocenters. The van der Waals surface area contributed by atoms with Crippen molar-refractivity contribution in [2.45, 2.75) is 33.2 Å². The molecule has 1 aromatic heterocycles. The summed E-state index contributed by atoms with van der Waals surface area (Å²) in [5.41, 5.74) is 7.93. The molecular formula is C15H24N4S. The molecule has 0 amide bonds. The fraction of sp³-hybridized carbons (Fsp3) is 0.600. The highest BCUT2D eigenvalue weighted by Gasteiger charge is 2.27. The number of hydrogen-bond acceptors (Lipinski definition) is 4. The number of pyridine rings is 1. The van der Waals surface area contributed by atoms with Crippen molar-refractivity contribution in [3.05, 3.63) is 23.4 Å². The molecule has 1 fully saturated rings. The molecule has 1 aliphatic heterocycles. The molecule has 2 N–H and O–H groups in total. The molecule has 0 radical (unpaired) electrons. The second-order valence-corrected chi connectivity index (χ2v) is 6.77. The van der Waals surface area contributed by atoms with Crippen LogP contribution in [0.15, 0.2) is 12.1 Å². The summed E-state index contributed by atoms with van der Waals surface area (Å²) in [4.78, 5) is 9.86. The predicted octanol–water partition coefficient (Wildman–Crippen LogP) is 1.94. The summed E-state index contributed by atoms with van der Waals surface area (Å²) in [6.45, 7) is 12.8. The fourth-order valence-electron chi connectivity index (χ4n) is 2.57. The third-order valence-electron chi connectivity index (χ3n) is 3.81. The molecule has 0 unspecified atom stereocenters. The molecule has 110 valence electrons. The Balaban J connectivity index is 2.18. The van der Waals surface area contributed by atoms with Crippen molar-refractivity contribution in [2.75, 3.05) is 31.1 Å². The van der Waals surface area contributed by atoms with Crippen molar-refractivity contribution >= 4 is 23.0 Å². The molecule has 0 aromatic carbocycles. The first-order valence-electron chi connectivity index (χ1n) is 7.06. The van der Waals surface area contributed by atoms with Gasteiger partial charge in [-0.05, 0) is 39.8 Å². The van der Waals surface area contributed by atoms with Crippen molar-refractivity contribution < 1.29 is 0 Å². The average molecular weight is 292 g/mol. The summed E-state index contributed by atoms with van der Waals surface area (Å²) >= 11 is 5.15. The second kappa shape index (κ2) is 5.66. The number of rotatable bonds is 2. The van der Waals surface area contributed by atoms with Crippen LogP contribution in [0.1, 0.15) is 32.0 Å². The molecule has 20 heavy (non-hydrogen) atoms. The first kappa shape index (κ1) is 15.2. The zero-order chi connectivity index (χ0) is 14.9. The monoisotopic (exact) mass is 292 g/mol. The maximum absolute atomic E-state index is 5.82. The number of thiocarbonyl (C=S) groups is 1. The minimum Gasteiger partial charge on any atom is -0.389 e. The molecule has 1 saturated heterocycles. The van der Waals surface area contributed by atoms with Crippen LogP contribution in [0, 0.1) is 6.92 Å². The van der Waals surface area contributed by atoms with Crippen LogP contribution in [0.4, 0.5) is 5.82 Å². The van der Waals surface area contributed by atoms with Gasteiger partial charge in [0, 0.05) is 37.4 Å². The van der Waals surface area contributed by atoms with E-state index in [1.807, 2.05) is 19.1 Å². The van der Waals surface area contributed by atoms with Gasteiger partial charge in [-0.15, -0.1) is 0 Å². The molecule has 0 saturated carbocycles. The highest BCUT2D eigenvalue weighted by molar-refractivity contribution is 7.80. The van der Waals surface area contributed by atoms with Gasteiger partial charge in [-0.25, -0.2) is 4.98 Å². The van der Waals surface area contributed by atoms with Crippen molar-refractivity contribution in [1.29, 1.82) is 0 Å². The van der Waals surface area contributed by atoms with Crippen LogP contribution >= 0.6 is 12.2 Å². The van der Waals surface area contributed by atoms with E-state index in [1.165, 1.54) is 0 Å². The van der Waals surface area contributed by atoms with E-state index in [0.717, 1.165) is 43.3 Å². The smallest absolute Gasteiger partial charge is 0.139 e. The number of aromatic nitrogens is 1. The van der Waals surface area contributed by atoms with Gasteiger partial charge in [-0.2, -0.15) is 0 Å². The molecule has 1 aliphatic rings. The first-order valence-corrected chi connectivity index (χ1v) is 7.47. The highest BCUT2D eigenvalue weighted by atomic mass is 32.1. The van der Waals surface area contributed by atoms with Crippen LogP contribution < -0.4 is 10.6 Å². The van der Waals surface area contributed by atoms with Gasteiger partial charge < -0.3 is 10.6 Å². The summed E-state index contributed by atoms with van der Waals surface area (Å²) in [6, 6.07) is 3.94. The van der Waals surface area contributed by atoms with Gasteiger partial charge in [0.15, 0.2) is 0 Å². The Morgan fingerprint density at radius 1 is 1.20 bits per heavy atom. The molecular weight excluding hydrogens is 268 g/mol. The topological polar surface area (TPSA) is 45.4 Å². The Morgan fingerprint density at radius 3 is 2.30 bits per heavy atom. The van der Waals surface area contributed by atoms with Gasteiger partial charge >= 0.3 is 0 Å². The quantitative estimate of drug-likeness (QED) is 0.844. The zero-order valence-corrected chi connectivity index (χ0v) is 13.6. The largest absolute Gasteiger partial charge is 0.389 e. The molecule has 0 aliphatic carbocycles. The van der Waals surface area contributed by atoms with E-state index >= 15 is 0 Å². The lowest BCUT2D eigenvalue weighted by atomic mass is 10.0. The minimum absolute atomic E-state index is 0.220. The van der Waals surface area contributed by atoms with Crippen molar-refractivity contribution in [3.8, 4) is 0 Å². The van der Waals surface area contributed by atoms with Gasteiger partial charge in [-0.1, -0.05) is 12.2 Å². The lowest BCUT2D eigenvalue weighted by Crippen LogP contribution is -2.53. The van der Waals surface area contributed by atoms with Crippen molar-refractivity contribution in [3.63, 3.8) is 0 Å². The van der Waals surface area contributed by atoms with Gasteiger partial charge in [0.1, 0.15) is 10.8 Å². The number of aryl methyl sites for hydroxylation is 1. The van der Waals surface area contributed by atoms with Gasteiger partial charge in [-0.3, -0.25) is 4.90 Å². The number of anilines is 1. The zero-order valence-electron chi connectivity index (χ0n) is 12.8. The van der Waals surface area contributed by atoms with Gasteiger partial charge in [0.2, 0.25) is 0 Å². The molecule has 0 spiro atoms. The number of nitrogens with zero attached hydrogens (tertiary/aromatic N) is 3. The Bertz CT molecular complexity index is 499. The average Bonchev–Trinajstić information content (AvgIpc) is 2.37. The van der Waals surface area contributed by atoms with Crippen LogP contribution in [0.5, 0.6) is 0 Å². The van der Waals surface area contributed by atoms with E-state index < -0.39 is 0 Å². The van der Waals surface area contributed by atoms with Gasteiger partial charge in [0.25, 0.3) is 0 Å². The van der Waals surface area contributed by atoms with E-state index in [0.29, 0.717) is 4.99 Å². The predicted molar refractivity (Wildman–Crippen MR) is 88.4 cm³/mol. The Kier molecular flexibility index (Phi) is 4.30. The maximum Gasteiger partial charge on any atom is 0.139 e. The van der Waals surface area contributed by atoms with Gasteiger partial charge in [0.05, 0.1) is 5.56 Å². The Labute approximate surface area is 127 Å². The Morgan fingerprint density at radius 2 is 1.80 bits per heavy atom. The first-order chi connectivity index (χ1) is 9.29. The summed E-state index contributed by atoms with van der Waals surface area (Å²) < 4.78 is 0. The minimum atomic E-state index is 0.220. The van der Waals surface area contributed by atoms with Crippen LogP contribution in [0.25, 0.3) is 0 Å². The summed E-state index contributed by atoms with van der Waals surface area (Å²) in [5.74, 6) is 0.936.